The highest BCUT2D eigenvalue weighted by atomic mass is 16.5. The molecule has 0 saturated heterocycles. The van der Waals surface area contributed by atoms with Crippen LogP contribution in [0.5, 0.6) is 5.75 Å². The molecule has 0 atom stereocenters. The molecule has 6 heteroatoms. The fourth-order valence-corrected chi connectivity index (χ4v) is 3.62. The molecule has 0 fully saturated rings. The van der Waals surface area contributed by atoms with Crippen molar-refractivity contribution in [1.29, 1.82) is 0 Å². The first-order chi connectivity index (χ1) is 16.0. The number of anilines is 1. The summed E-state index contributed by atoms with van der Waals surface area (Å²) in [5.41, 5.74) is 3.76. The molecule has 6 nitrogen and oxygen atoms in total. The molecule has 0 heterocycles. The Balaban J connectivity index is 1.67. The van der Waals surface area contributed by atoms with E-state index in [4.69, 9.17) is 4.74 Å². The molecule has 2 amide bonds. The highest BCUT2D eigenvalue weighted by molar-refractivity contribution is 6.06. The zero-order valence-corrected chi connectivity index (χ0v) is 19.4. The van der Waals surface area contributed by atoms with Crippen LogP contribution in [0.4, 0.5) is 5.69 Å². The third kappa shape index (κ3) is 6.43. The van der Waals surface area contributed by atoms with Crippen LogP contribution in [-0.2, 0) is 13.1 Å². The summed E-state index contributed by atoms with van der Waals surface area (Å²) >= 11 is 0. The van der Waals surface area contributed by atoms with Gasteiger partial charge < -0.3 is 15.4 Å². The number of hydrogen-bond acceptors (Lipinski definition) is 4. The number of methoxy groups -OCH3 is 1. The number of hydrogen-bond donors (Lipinski definition) is 2. The third-order valence-corrected chi connectivity index (χ3v) is 5.58. The van der Waals surface area contributed by atoms with Crippen molar-refractivity contribution in [2.75, 3.05) is 25.5 Å². The first kappa shape index (κ1) is 24.0. The summed E-state index contributed by atoms with van der Waals surface area (Å²) in [6, 6.07) is 22.1. The number of benzene rings is 3. The highest BCUT2D eigenvalue weighted by Gasteiger charge is 2.13. The van der Waals surface area contributed by atoms with Crippen LogP contribution in [0.15, 0.2) is 72.8 Å². The second-order valence-electron chi connectivity index (χ2n) is 7.65. The van der Waals surface area contributed by atoms with Gasteiger partial charge in [-0.05, 0) is 54.5 Å². The van der Waals surface area contributed by atoms with Gasteiger partial charge in [0.1, 0.15) is 5.75 Å². The number of carbonyl (C=O) groups is 2. The van der Waals surface area contributed by atoms with Crippen molar-refractivity contribution in [3.8, 4) is 5.75 Å². The summed E-state index contributed by atoms with van der Waals surface area (Å²) in [7, 11) is 1.53. The van der Waals surface area contributed by atoms with Gasteiger partial charge in [-0.3, -0.25) is 14.5 Å². The Bertz CT molecular complexity index is 1090. The monoisotopic (exact) mass is 445 g/mol. The second-order valence-corrected chi connectivity index (χ2v) is 7.65. The summed E-state index contributed by atoms with van der Waals surface area (Å²) < 4.78 is 5.26. The predicted molar refractivity (Wildman–Crippen MR) is 132 cm³/mol. The molecular formula is C27H31N3O3. The maximum absolute atomic E-state index is 12.8. The van der Waals surface area contributed by atoms with Crippen molar-refractivity contribution in [3.05, 3.63) is 95.1 Å². The van der Waals surface area contributed by atoms with E-state index in [2.05, 4.69) is 35.4 Å². The van der Waals surface area contributed by atoms with Gasteiger partial charge in [0, 0.05) is 24.3 Å². The Kier molecular flexibility index (Phi) is 8.61. The van der Waals surface area contributed by atoms with Gasteiger partial charge in [0.2, 0.25) is 0 Å². The number of rotatable bonds is 10. The number of nitrogens with zero attached hydrogens (tertiary/aromatic N) is 1. The minimum Gasteiger partial charge on any atom is -0.496 e. The lowest BCUT2D eigenvalue weighted by Crippen LogP contribution is -2.26. The molecule has 0 radical (unpaired) electrons. The van der Waals surface area contributed by atoms with Crippen molar-refractivity contribution in [2.45, 2.75) is 26.9 Å². The molecule has 0 aromatic heterocycles. The van der Waals surface area contributed by atoms with Gasteiger partial charge >= 0.3 is 0 Å². The predicted octanol–water partition coefficient (Wildman–Crippen LogP) is 4.72. The lowest BCUT2D eigenvalue weighted by atomic mass is 10.1. The molecule has 0 saturated carbocycles. The van der Waals surface area contributed by atoms with Crippen LogP contribution in [0.1, 0.15) is 45.7 Å². The van der Waals surface area contributed by atoms with Crippen molar-refractivity contribution in [2.24, 2.45) is 0 Å². The van der Waals surface area contributed by atoms with Gasteiger partial charge in [-0.25, -0.2) is 0 Å². The van der Waals surface area contributed by atoms with Crippen molar-refractivity contribution in [3.63, 3.8) is 0 Å². The topological polar surface area (TPSA) is 70.7 Å². The van der Waals surface area contributed by atoms with Crippen molar-refractivity contribution < 1.29 is 14.3 Å². The normalized spacial score (nSPS) is 10.7. The summed E-state index contributed by atoms with van der Waals surface area (Å²) in [6.07, 6.45) is 0. The molecule has 172 valence electrons. The lowest BCUT2D eigenvalue weighted by Gasteiger charge is -2.20. The largest absolute Gasteiger partial charge is 0.496 e. The number of para-hydroxylation sites is 1. The Morgan fingerprint density at radius 2 is 1.55 bits per heavy atom. The van der Waals surface area contributed by atoms with E-state index in [0.29, 0.717) is 29.1 Å². The average Bonchev–Trinajstić information content (AvgIpc) is 2.86. The Hall–Kier alpha value is -3.64. The van der Waals surface area contributed by atoms with Crippen LogP contribution in [-0.4, -0.2) is 36.9 Å². The smallest absolute Gasteiger partial charge is 0.259 e. The Morgan fingerprint density at radius 1 is 0.848 bits per heavy atom. The maximum Gasteiger partial charge on any atom is 0.259 e. The van der Waals surface area contributed by atoms with Crippen LogP contribution in [0.3, 0.4) is 0 Å². The fraction of sp³-hybridized carbons (Fsp3) is 0.259. The zero-order chi connectivity index (χ0) is 23.6. The summed E-state index contributed by atoms with van der Waals surface area (Å²) in [6.45, 7) is 7.54. The molecule has 3 rings (SSSR count). The molecule has 0 aliphatic rings. The Labute approximate surface area is 195 Å². The van der Waals surface area contributed by atoms with E-state index in [0.717, 1.165) is 25.2 Å². The first-order valence-corrected chi connectivity index (χ1v) is 11.2. The standard InChI is InChI=1S/C27H31N3O3/c1-4-30(5-2)19-22-12-7-6-11-21(22)18-28-26(31)20-13-10-14-23(17-20)29-27(32)24-15-8-9-16-25(24)33-3/h6-17H,4-5,18-19H2,1-3H3,(H,28,31)(H,29,32). The molecule has 3 aromatic carbocycles. The quantitative estimate of drug-likeness (QED) is 0.474. The van der Waals surface area contributed by atoms with Crippen molar-refractivity contribution in [1.82, 2.24) is 10.2 Å². The van der Waals surface area contributed by atoms with Crippen LogP contribution in [0, 0.1) is 0 Å². The van der Waals surface area contributed by atoms with E-state index in [-0.39, 0.29) is 11.8 Å². The van der Waals surface area contributed by atoms with E-state index in [9.17, 15) is 9.59 Å². The average molecular weight is 446 g/mol. The third-order valence-electron chi connectivity index (χ3n) is 5.58. The minimum atomic E-state index is -0.296. The fourth-order valence-electron chi connectivity index (χ4n) is 3.62. The van der Waals surface area contributed by atoms with Gasteiger partial charge in [0.25, 0.3) is 11.8 Å². The highest BCUT2D eigenvalue weighted by Crippen LogP contribution is 2.20. The molecule has 3 aromatic rings. The Morgan fingerprint density at radius 3 is 2.27 bits per heavy atom. The number of nitrogens with one attached hydrogen (secondary N) is 2. The van der Waals surface area contributed by atoms with Crippen molar-refractivity contribution >= 4 is 17.5 Å². The van der Waals surface area contributed by atoms with E-state index >= 15 is 0 Å². The maximum atomic E-state index is 12.8. The van der Waals surface area contributed by atoms with Crippen LogP contribution >= 0.6 is 0 Å². The minimum absolute atomic E-state index is 0.193. The number of ether oxygens (including phenoxy) is 1. The summed E-state index contributed by atoms with van der Waals surface area (Å²) in [5, 5.41) is 5.85. The second kappa shape index (κ2) is 11.8. The molecule has 0 unspecified atom stereocenters. The molecule has 0 bridgehead atoms. The van der Waals surface area contributed by atoms with Gasteiger partial charge in [0.15, 0.2) is 0 Å². The lowest BCUT2D eigenvalue weighted by molar-refractivity contribution is 0.0949. The summed E-state index contributed by atoms with van der Waals surface area (Å²) in [4.78, 5) is 27.8. The summed E-state index contributed by atoms with van der Waals surface area (Å²) in [5.74, 6) is 0.00338. The molecule has 0 spiro atoms. The van der Waals surface area contributed by atoms with E-state index in [1.54, 1.807) is 48.5 Å². The molecule has 33 heavy (non-hydrogen) atoms. The van der Waals surface area contributed by atoms with Crippen LogP contribution < -0.4 is 15.4 Å². The first-order valence-electron chi connectivity index (χ1n) is 11.2. The molecule has 0 aliphatic carbocycles. The molecule has 0 aliphatic heterocycles. The van der Waals surface area contributed by atoms with Crippen LogP contribution in [0.25, 0.3) is 0 Å². The van der Waals surface area contributed by atoms with E-state index < -0.39 is 0 Å². The van der Waals surface area contributed by atoms with Crippen LogP contribution in [0.2, 0.25) is 0 Å². The van der Waals surface area contributed by atoms with Gasteiger partial charge in [-0.15, -0.1) is 0 Å². The molecular weight excluding hydrogens is 414 g/mol. The number of carbonyl (C=O) groups excluding carboxylic acids is 2. The number of amides is 2. The van der Waals surface area contributed by atoms with E-state index in [1.807, 2.05) is 18.2 Å². The molecule has 2 N–H and O–H groups in total. The SMILES string of the molecule is CCN(CC)Cc1ccccc1CNC(=O)c1cccc(NC(=O)c2ccccc2OC)c1. The van der Waals surface area contributed by atoms with Gasteiger partial charge in [0.05, 0.1) is 12.7 Å². The van der Waals surface area contributed by atoms with Gasteiger partial charge in [-0.2, -0.15) is 0 Å². The zero-order valence-electron chi connectivity index (χ0n) is 19.4. The van der Waals surface area contributed by atoms with E-state index in [1.165, 1.54) is 12.7 Å². The van der Waals surface area contributed by atoms with Gasteiger partial charge in [-0.1, -0.05) is 56.3 Å².